The van der Waals surface area contributed by atoms with Gasteiger partial charge in [0, 0.05) is 0 Å². The quantitative estimate of drug-likeness (QED) is 0.614. The fraction of sp³-hybridized carbons (Fsp3) is 0.143. The predicted molar refractivity (Wildman–Crippen MR) is 62.2 cm³/mol. The Bertz CT molecular complexity index is 408. The van der Waals surface area contributed by atoms with Crippen LogP contribution < -0.4 is 0 Å². The minimum atomic E-state index is 0.948. The van der Waals surface area contributed by atoms with Gasteiger partial charge in [-0.05, 0) is 29.5 Å². The van der Waals surface area contributed by atoms with Gasteiger partial charge < -0.3 is 0 Å². The first-order valence-corrected chi connectivity index (χ1v) is 4.88. The molecular weight excluding hydrogens is 168 g/mol. The van der Waals surface area contributed by atoms with Gasteiger partial charge in [-0.25, -0.2) is 0 Å². The summed E-state index contributed by atoms with van der Waals surface area (Å²) in [6, 6.07) is 6.60. The van der Waals surface area contributed by atoms with Crippen molar-refractivity contribution in [3.05, 3.63) is 65.8 Å². The molecule has 0 fully saturated rings. The van der Waals surface area contributed by atoms with Crippen molar-refractivity contribution in [3.63, 3.8) is 0 Å². The molecule has 0 amide bonds. The molecule has 0 heteroatoms. The summed E-state index contributed by atoms with van der Waals surface area (Å²) < 4.78 is 0. The number of benzene rings is 1. The number of fused-ring (bicyclic) bond motifs is 1. The lowest BCUT2D eigenvalue weighted by Gasteiger charge is -2.13. The largest absolute Gasteiger partial charge is 0.103 e. The van der Waals surface area contributed by atoms with Crippen molar-refractivity contribution < 1.29 is 0 Å². The Labute approximate surface area is 85.3 Å². The third kappa shape index (κ3) is 1.69. The highest BCUT2D eigenvalue weighted by Gasteiger charge is 2.06. The monoisotopic (exact) mass is 182 g/mol. The topological polar surface area (TPSA) is 0 Å². The molecule has 0 bridgehead atoms. The van der Waals surface area contributed by atoms with E-state index in [1.807, 2.05) is 6.08 Å². The van der Waals surface area contributed by atoms with Gasteiger partial charge in [0.1, 0.15) is 0 Å². The number of hydrogen-bond donors (Lipinski definition) is 0. The summed E-state index contributed by atoms with van der Waals surface area (Å²) in [5.74, 6) is 0. The maximum Gasteiger partial charge on any atom is -0.00256 e. The third-order valence-electron chi connectivity index (χ3n) is 2.50. The van der Waals surface area contributed by atoms with Crippen molar-refractivity contribution in [1.29, 1.82) is 0 Å². The van der Waals surface area contributed by atoms with Gasteiger partial charge in [-0.15, -0.1) is 6.58 Å². The van der Waals surface area contributed by atoms with Crippen LogP contribution in [0.2, 0.25) is 0 Å². The molecule has 0 saturated heterocycles. The molecule has 70 valence electrons. The zero-order valence-electron chi connectivity index (χ0n) is 8.29. The van der Waals surface area contributed by atoms with Crippen LogP contribution in [0.15, 0.2) is 49.1 Å². The second-order valence-corrected chi connectivity index (χ2v) is 3.69. The van der Waals surface area contributed by atoms with Crippen LogP contribution in [0.25, 0.3) is 6.08 Å². The molecule has 0 heterocycles. The zero-order valence-corrected chi connectivity index (χ0v) is 8.29. The van der Waals surface area contributed by atoms with E-state index in [1.165, 1.54) is 22.3 Å². The van der Waals surface area contributed by atoms with Gasteiger partial charge in [0.25, 0.3) is 0 Å². The molecule has 1 aliphatic rings. The smallest absolute Gasteiger partial charge is 0.00256 e. The Morgan fingerprint density at radius 3 is 2.93 bits per heavy atom. The summed E-state index contributed by atoms with van der Waals surface area (Å²) in [4.78, 5) is 0. The molecular formula is C14H14. The van der Waals surface area contributed by atoms with Crippen LogP contribution in [0.4, 0.5) is 0 Å². The van der Waals surface area contributed by atoms with Gasteiger partial charge in [0.15, 0.2) is 0 Å². The predicted octanol–water partition coefficient (Wildman–Crippen LogP) is 3.54. The lowest BCUT2D eigenvalue weighted by Crippen LogP contribution is -1.97. The highest BCUT2D eigenvalue weighted by Crippen LogP contribution is 2.22. The molecule has 0 aromatic heterocycles. The van der Waals surface area contributed by atoms with E-state index in [4.69, 9.17) is 0 Å². The molecule has 0 N–H and O–H groups in total. The van der Waals surface area contributed by atoms with Crippen molar-refractivity contribution in [3.8, 4) is 0 Å². The number of allylic oxidation sites excluding steroid dienone is 3. The maximum absolute atomic E-state index is 3.98. The Balaban J connectivity index is 2.39. The van der Waals surface area contributed by atoms with Crippen molar-refractivity contribution in [2.75, 3.05) is 0 Å². The van der Waals surface area contributed by atoms with Crippen LogP contribution >= 0.6 is 0 Å². The van der Waals surface area contributed by atoms with E-state index in [1.54, 1.807) is 0 Å². The van der Waals surface area contributed by atoms with Gasteiger partial charge in [-0.1, -0.05) is 48.6 Å². The van der Waals surface area contributed by atoms with Crippen molar-refractivity contribution in [2.24, 2.45) is 0 Å². The second kappa shape index (κ2) is 3.67. The van der Waals surface area contributed by atoms with Crippen LogP contribution in [-0.4, -0.2) is 0 Å². The van der Waals surface area contributed by atoms with E-state index in [0.29, 0.717) is 0 Å². The molecule has 0 unspecified atom stereocenters. The van der Waals surface area contributed by atoms with Crippen molar-refractivity contribution in [1.82, 2.24) is 0 Å². The molecule has 1 aromatic carbocycles. The molecule has 0 aliphatic heterocycles. The Kier molecular flexibility index (Phi) is 2.36. The van der Waals surface area contributed by atoms with Crippen LogP contribution in [0.3, 0.4) is 0 Å². The fourth-order valence-electron chi connectivity index (χ4n) is 1.78. The average Bonchev–Trinajstić information content (AvgIpc) is 2.17. The van der Waals surface area contributed by atoms with Gasteiger partial charge in [-0.2, -0.15) is 0 Å². The lowest BCUT2D eigenvalue weighted by molar-refractivity contribution is 1.15. The van der Waals surface area contributed by atoms with Crippen LogP contribution in [-0.2, 0) is 12.8 Å². The first-order valence-electron chi connectivity index (χ1n) is 4.88. The summed E-state index contributed by atoms with van der Waals surface area (Å²) >= 11 is 0. The van der Waals surface area contributed by atoms with Gasteiger partial charge in [-0.3, -0.25) is 0 Å². The number of hydrogen-bond acceptors (Lipinski definition) is 0. The van der Waals surface area contributed by atoms with Crippen LogP contribution in [0.1, 0.15) is 16.7 Å². The standard InChI is InChI=1S/C14H14/c1-3-4-12-6-8-13-7-5-11(2)9-14(13)10-12/h3,5-8,10H,1-2,4,9H2. The SMILES string of the molecule is C=CCc1ccc2c(c1)CC(=C)C=C2. The van der Waals surface area contributed by atoms with E-state index < -0.39 is 0 Å². The van der Waals surface area contributed by atoms with Gasteiger partial charge in [0.05, 0.1) is 0 Å². The zero-order chi connectivity index (χ0) is 9.97. The molecule has 2 rings (SSSR count). The Hall–Kier alpha value is -1.56. The van der Waals surface area contributed by atoms with E-state index in [0.717, 1.165) is 12.8 Å². The summed E-state index contributed by atoms with van der Waals surface area (Å²) in [5, 5.41) is 0. The molecule has 0 saturated carbocycles. The highest BCUT2D eigenvalue weighted by atomic mass is 14.1. The molecule has 0 radical (unpaired) electrons. The highest BCUT2D eigenvalue weighted by molar-refractivity contribution is 5.62. The first kappa shape index (κ1) is 9.01. The normalized spacial score (nSPS) is 13.9. The summed E-state index contributed by atoms with van der Waals surface area (Å²) in [6.45, 7) is 7.73. The summed E-state index contributed by atoms with van der Waals surface area (Å²) in [5.41, 5.74) is 5.23. The van der Waals surface area contributed by atoms with Gasteiger partial charge >= 0.3 is 0 Å². The summed E-state index contributed by atoms with van der Waals surface area (Å²) in [7, 11) is 0. The Morgan fingerprint density at radius 1 is 1.29 bits per heavy atom. The molecule has 1 aliphatic carbocycles. The van der Waals surface area contributed by atoms with E-state index in [2.05, 4.69) is 43.5 Å². The van der Waals surface area contributed by atoms with Crippen molar-refractivity contribution in [2.45, 2.75) is 12.8 Å². The second-order valence-electron chi connectivity index (χ2n) is 3.69. The minimum absolute atomic E-state index is 0.948. The minimum Gasteiger partial charge on any atom is -0.103 e. The summed E-state index contributed by atoms with van der Waals surface area (Å²) in [6.07, 6.45) is 8.10. The lowest BCUT2D eigenvalue weighted by atomic mass is 9.92. The van der Waals surface area contributed by atoms with Crippen LogP contribution in [0, 0.1) is 0 Å². The first-order chi connectivity index (χ1) is 6.79. The molecule has 1 aromatic rings. The number of rotatable bonds is 2. The molecule has 14 heavy (non-hydrogen) atoms. The van der Waals surface area contributed by atoms with Crippen LogP contribution in [0.5, 0.6) is 0 Å². The van der Waals surface area contributed by atoms with E-state index >= 15 is 0 Å². The Morgan fingerprint density at radius 2 is 2.14 bits per heavy atom. The van der Waals surface area contributed by atoms with E-state index in [-0.39, 0.29) is 0 Å². The molecule has 0 nitrogen and oxygen atoms in total. The molecule has 0 atom stereocenters. The fourth-order valence-corrected chi connectivity index (χ4v) is 1.78. The third-order valence-corrected chi connectivity index (χ3v) is 2.50. The molecule has 0 spiro atoms. The van der Waals surface area contributed by atoms with E-state index in [9.17, 15) is 0 Å². The maximum atomic E-state index is 3.98. The van der Waals surface area contributed by atoms with Crippen molar-refractivity contribution >= 4 is 6.08 Å². The van der Waals surface area contributed by atoms with Gasteiger partial charge in [0.2, 0.25) is 0 Å². The average molecular weight is 182 g/mol.